The third-order valence-corrected chi connectivity index (χ3v) is 5.94. The summed E-state index contributed by atoms with van der Waals surface area (Å²) in [5.41, 5.74) is 2.28. The summed E-state index contributed by atoms with van der Waals surface area (Å²) >= 11 is 0. The van der Waals surface area contributed by atoms with E-state index < -0.39 is 0 Å². The topological polar surface area (TPSA) is 75.8 Å². The van der Waals surface area contributed by atoms with Gasteiger partial charge in [0.1, 0.15) is 12.3 Å². The van der Waals surface area contributed by atoms with Crippen LogP contribution in [0.1, 0.15) is 44.0 Å². The molecule has 4 rings (SSSR count). The van der Waals surface area contributed by atoms with E-state index in [0.717, 1.165) is 36.3 Å². The van der Waals surface area contributed by atoms with Gasteiger partial charge < -0.3 is 15.4 Å². The molecular formula is C23H30N6O. The van der Waals surface area contributed by atoms with Gasteiger partial charge in [-0.3, -0.25) is 4.40 Å². The summed E-state index contributed by atoms with van der Waals surface area (Å²) in [4.78, 5) is 4.77. The van der Waals surface area contributed by atoms with Crippen LogP contribution in [-0.2, 0) is 12.0 Å². The van der Waals surface area contributed by atoms with Gasteiger partial charge in [0, 0.05) is 24.7 Å². The van der Waals surface area contributed by atoms with E-state index in [1.807, 2.05) is 34.9 Å². The normalized spacial score (nSPS) is 16.0. The van der Waals surface area contributed by atoms with Crippen molar-refractivity contribution in [2.75, 3.05) is 20.2 Å². The first-order valence-electron chi connectivity index (χ1n) is 10.7. The fraction of sp³-hybridized carbons (Fsp3) is 0.435. The van der Waals surface area contributed by atoms with Gasteiger partial charge >= 0.3 is 0 Å². The summed E-state index contributed by atoms with van der Waals surface area (Å²) in [6.07, 6.45) is 6.80. The molecule has 1 aliphatic rings. The number of aromatic nitrogens is 3. The Morgan fingerprint density at radius 3 is 2.80 bits per heavy atom. The van der Waals surface area contributed by atoms with E-state index in [-0.39, 0.29) is 5.41 Å². The number of ether oxygens (including phenoxy) is 1. The van der Waals surface area contributed by atoms with Crippen LogP contribution in [0.2, 0.25) is 0 Å². The Morgan fingerprint density at radius 1 is 1.13 bits per heavy atom. The lowest BCUT2D eigenvalue weighted by Crippen LogP contribution is -2.44. The number of rotatable bonds is 7. The standard InChI is InChI=1S/C23H30N6O/c1-3-24-22(25-16-21-28-27-20-11-4-7-14-29(20)21)26-17-23(12-5-6-13-23)18-9-8-10-19(15-18)30-2/h4,7-11,14-15H,3,5-6,12-13,16-17H2,1-2H3,(H2,24,25,26). The lowest BCUT2D eigenvalue weighted by atomic mass is 9.78. The fourth-order valence-corrected chi connectivity index (χ4v) is 4.32. The van der Waals surface area contributed by atoms with Crippen molar-refractivity contribution in [3.8, 4) is 5.75 Å². The predicted octanol–water partition coefficient (Wildman–Crippen LogP) is 3.31. The number of benzene rings is 1. The SMILES string of the molecule is CCNC(=NCc1nnc2ccccn12)NCC1(c2cccc(OC)c2)CCCC1. The summed E-state index contributed by atoms with van der Waals surface area (Å²) in [7, 11) is 1.73. The molecule has 0 unspecified atom stereocenters. The van der Waals surface area contributed by atoms with E-state index in [4.69, 9.17) is 9.73 Å². The molecule has 2 aromatic heterocycles. The smallest absolute Gasteiger partial charge is 0.191 e. The van der Waals surface area contributed by atoms with Crippen LogP contribution in [0.4, 0.5) is 0 Å². The van der Waals surface area contributed by atoms with Crippen molar-refractivity contribution < 1.29 is 4.74 Å². The highest BCUT2D eigenvalue weighted by Gasteiger charge is 2.36. The molecule has 0 saturated heterocycles. The van der Waals surface area contributed by atoms with Gasteiger partial charge in [0.05, 0.1) is 7.11 Å². The zero-order valence-corrected chi connectivity index (χ0v) is 17.8. The highest BCUT2D eigenvalue weighted by atomic mass is 16.5. The maximum absolute atomic E-state index is 5.47. The van der Waals surface area contributed by atoms with Crippen molar-refractivity contribution in [2.45, 2.75) is 44.6 Å². The predicted molar refractivity (Wildman–Crippen MR) is 119 cm³/mol. The van der Waals surface area contributed by atoms with Gasteiger partial charge in [-0.1, -0.05) is 31.0 Å². The Hall–Kier alpha value is -3.09. The molecule has 0 amide bonds. The van der Waals surface area contributed by atoms with Crippen LogP contribution >= 0.6 is 0 Å². The van der Waals surface area contributed by atoms with E-state index in [1.54, 1.807) is 7.11 Å². The maximum atomic E-state index is 5.47. The number of nitrogens with zero attached hydrogens (tertiary/aromatic N) is 4. The Balaban J connectivity index is 1.51. The van der Waals surface area contributed by atoms with Gasteiger partial charge in [0.25, 0.3) is 0 Å². The Morgan fingerprint density at radius 2 is 2.00 bits per heavy atom. The number of nitrogens with one attached hydrogen (secondary N) is 2. The van der Waals surface area contributed by atoms with Crippen molar-refractivity contribution in [3.63, 3.8) is 0 Å². The molecule has 0 aliphatic heterocycles. The second kappa shape index (κ2) is 9.15. The summed E-state index contributed by atoms with van der Waals surface area (Å²) in [5.74, 6) is 2.54. The minimum absolute atomic E-state index is 0.103. The highest BCUT2D eigenvalue weighted by Crippen LogP contribution is 2.41. The highest BCUT2D eigenvalue weighted by molar-refractivity contribution is 5.79. The largest absolute Gasteiger partial charge is 0.497 e. The van der Waals surface area contributed by atoms with Gasteiger partial charge in [-0.15, -0.1) is 10.2 Å². The lowest BCUT2D eigenvalue weighted by Gasteiger charge is -2.31. The summed E-state index contributed by atoms with van der Waals surface area (Å²) in [5, 5.41) is 15.4. The molecule has 2 heterocycles. The van der Waals surface area contributed by atoms with Crippen LogP contribution in [0, 0.1) is 0 Å². The minimum Gasteiger partial charge on any atom is -0.497 e. The second-order valence-electron chi connectivity index (χ2n) is 7.81. The van der Waals surface area contributed by atoms with Crippen LogP contribution in [0.5, 0.6) is 5.75 Å². The molecule has 30 heavy (non-hydrogen) atoms. The molecule has 1 aliphatic carbocycles. The molecule has 1 aromatic carbocycles. The number of fused-ring (bicyclic) bond motifs is 1. The van der Waals surface area contributed by atoms with Crippen LogP contribution in [0.3, 0.4) is 0 Å². The number of methoxy groups -OCH3 is 1. The van der Waals surface area contributed by atoms with Crippen LogP contribution in [0.15, 0.2) is 53.7 Å². The third kappa shape index (κ3) is 4.25. The number of hydrogen-bond donors (Lipinski definition) is 2. The molecule has 158 valence electrons. The van der Waals surface area contributed by atoms with E-state index in [0.29, 0.717) is 6.54 Å². The average Bonchev–Trinajstić information content (AvgIpc) is 3.44. The molecular weight excluding hydrogens is 376 g/mol. The molecule has 0 radical (unpaired) electrons. The first kappa shape index (κ1) is 20.2. The zero-order valence-electron chi connectivity index (χ0n) is 17.8. The average molecular weight is 407 g/mol. The molecule has 0 atom stereocenters. The van der Waals surface area contributed by atoms with E-state index in [1.165, 1.54) is 31.2 Å². The van der Waals surface area contributed by atoms with Crippen molar-refractivity contribution in [1.29, 1.82) is 0 Å². The number of hydrogen-bond acceptors (Lipinski definition) is 4. The summed E-state index contributed by atoms with van der Waals surface area (Å²) in [6, 6.07) is 14.4. The number of guanidine groups is 1. The molecule has 1 saturated carbocycles. The number of pyridine rings is 1. The third-order valence-electron chi connectivity index (χ3n) is 5.94. The maximum Gasteiger partial charge on any atom is 0.191 e. The first-order valence-corrected chi connectivity index (χ1v) is 10.7. The molecule has 2 N–H and O–H groups in total. The minimum atomic E-state index is 0.103. The zero-order chi connectivity index (χ0) is 20.8. The molecule has 1 fully saturated rings. The van der Waals surface area contributed by atoms with E-state index in [9.17, 15) is 0 Å². The van der Waals surface area contributed by atoms with Crippen molar-refractivity contribution in [2.24, 2.45) is 4.99 Å². The van der Waals surface area contributed by atoms with Crippen molar-refractivity contribution in [3.05, 3.63) is 60.0 Å². The molecule has 7 nitrogen and oxygen atoms in total. The molecule has 7 heteroatoms. The van der Waals surface area contributed by atoms with Gasteiger partial charge in [-0.25, -0.2) is 4.99 Å². The molecule has 3 aromatic rings. The fourth-order valence-electron chi connectivity index (χ4n) is 4.32. The van der Waals surface area contributed by atoms with Crippen molar-refractivity contribution >= 4 is 11.6 Å². The lowest BCUT2D eigenvalue weighted by molar-refractivity contribution is 0.404. The first-order chi connectivity index (χ1) is 14.7. The van der Waals surface area contributed by atoms with Crippen molar-refractivity contribution in [1.82, 2.24) is 25.2 Å². The van der Waals surface area contributed by atoms with E-state index >= 15 is 0 Å². The van der Waals surface area contributed by atoms with Gasteiger partial charge in [-0.05, 0) is 49.6 Å². The Bertz CT molecular complexity index is 1010. The van der Waals surface area contributed by atoms with Gasteiger partial charge in [-0.2, -0.15) is 0 Å². The molecule has 0 spiro atoms. The van der Waals surface area contributed by atoms with Crippen LogP contribution in [-0.4, -0.2) is 40.8 Å². The monoisotopic (exact) mass is 406 g/mol. The van der Waals surface area contributed by atoms with Crippen LogP contribution in [0.25, 0.3) is 5.65 Å². The number of aliphatic imine (C=N–C) groups is 1. The summed E-state index contributed by atoms with van der Waals surface area (Å²) < 4.78 is 7.44. The van der Waals surface area contributed by atoms with Gasteiger partial charge in [0.15, 0.2) is 17.4 Å². The second-order valence-corrected chi connectivity index (χ2v) is 7.81. The van der Waals surface area contributed by atoms with Gasteiger partial charge in [0.2, 0.25) is 0 Å². The van der Waals surface area contributed by atoms with E-state index in [2.05, 4.69) is 46.0 Å². The Kier molecular flexibility index (Phi) is 6.16. The summed E-state index contributed by atoms with van der Waals surface area (Å²) in [6.45, 7) is 4.19. The molecule has 0 bridgehead atoms. The quantitative estimate of drug-likeness (QED) is 0.465. The Labute approximate surface area is 177 Å². The van der Waals surface area contributed by atoms with Crippen LogP contribution < -0.4 is 15.4 Å².